The van der Waals surface area contributed by atoms with Crippen LogP contribution in [0.15, 0.2) is 122 Å². The topological polar surface area (TPSA) is 250 Å². The molecule has 80 heavy (non-hydrogen) atoms. The average molecular weight is 1070 g/mol. The molecule has 12 aromatic rings. The number of nitrogens with one attached hydrogen (secondary N) is 6. The monoisotopic (exact) mass is 1070 g/mol. The summed E-state index contributed by atoms with van der Waals surface area (Å²) in [6, 6.07) is 24.8. The van der Waals surface area contributed by atoms with Gasteiger partial charge in [0.05, 0.1) is 51.6 Å². The van der Waals surface area contributed by atoms with Crippen LogP contribution in [-0.2, 0) is 6.54 Å². The van der Waals surface area contributed by atoms with Gasteiger partial charge in [0.25, 0.3) is 0 Å². The minimum atomic E-state index is -0.448. The molecule has 10 aromatic heterocycles. The molecule has 0 aliphatic carbocycles. The second-order valence-electron chi connectivity index (χ2n) is 19.1. The fourth-order valence-electron chi connectivity index (χ4n) is 9.44. The number of H-pyrrole nitrogens is 3. The Kier molecular flexibility index (Phi) is 14.8. The zero-order chi connectivity index (χ0) is 55.4. The maximum absolute atomic E-state index is 15.6. The third-order valence-electron chi connectivity index (χ3n) is 13.2. The van der Waals surface area contributed by atoms with Crippen LogP contribution >= 0.6 is 0 Å². The maximum atomic E-state index is 15.6. The number of hydrogen-bond acceptors (Lipinski definition) is 16. The number of nitrogens with zero attached hydrogens (tertiary/aromatic N) is 13. The van der Waals surface area contributed by atoms with Gasteiger partial charge < -0.3 is 36.6 Å². The molecule has 12 rings (SSSR count). The van der Waals surface area contributed by atoms with Gasteiger partial charge in [0.1, 0.15) is 39.2 Å². The summed E-state index contributed by atoms with van der Waals surface area (Å²) < 4.78 is 30.8. The van der Waals surface area contributed by atoms with Crippen molar-refractivity contribution in [2.75, 3.05) is 75.2 Å². The molecule has 2 aromatic carbocycles. The SMILES string of the molecule is CC.CCNCc1cncc(-c2ccc3[nH]nc(-c4nc5c(-c6cc(F)cc(NCCN(C)n7nc(-c8nc9c(-c%10cc(F)cc(NCCN(C)C)c%10)nccc9[nH]8)c8nc(-c9cncc(N)c9)ccc87)c6)nccc5[nH]4)c3n2)c1. The van der Waals surface area contributed by atoms with Gasteiger partial charge in [-0.1, -0.05) is 20.8 Å². The number of nitrogen functional groups attached to an aromatic ring is 1. The number of fused-ring (bicyclic) bond motifs is 4. The van der Waals surface area contributed by atoms with Gasteiger partial charge in [0.15, 0.2) is 23.0 Å². The number of pyridine rings is 6. The van der Waals surface area contributed by atoms with Crippen molar-refractivity contribution in [3.05, 3.63) is 139 Å². The van der Waals surface area contributed by atoms with Gasteiger partial charge in [-0.25, -0.2) is 28.7 Å². The summed E-state index contributed by atoms with van der Waals surface area (Å²) in [6.45, 7) is 9.83. The van der Waals surface area contributed by atoms with Crippen LogP contribution in [0.3, 0.4) is 0 Å². The van der Waals surface area contributed by atoms with E-state index in [0.29, 0.717) is 133 Å². The fraction of sp³-hybridized carbons (Fsp3) is 0.207. The van der Waals surface area contributed by atoms with Crippen LogP contribution in [0.2, 0.25) is 0 Å². The summed E-state index contributed by atoms with van der Waals surface area (Å²) in [7, 11) is 5.87. The molecule has 0 bridgehead atoms. The number of aromatic nitrogens is 14. The Morgan fingerprint density at radius 3 is 1.81 bits per heavy atom. The van der Waals surface area contributed by atoms with Crippen LogP contribution in [0.25, 0.3) is 112 Å². The highest BCUT2D eigenvalue weighted by Crippen LogP contribution is 2.35. The predicted molar refractivity (Wildman–Crippen MR) is 312 cm³/mol. The van der Waals surface area contributed by atoms with Gasteiger partial charge in [-0.15, -0.1) is 5.10 Å². The standard InChI is InChI=1S/C56H52F2N20.C2H6/c1-5-60-26-31-18-34(28-61-27-31)41-6-7-45-51(67-41)53(74-73-45)55-69-43-10-12-65-47(49(43)71-55)33-20-37(58)25-40(23-33)64-15-17-77(4)78-46-9-8-42(35-21-38(59)30-62-29-35)68-52(46)54(75-78)56-70-44-11-13-66-48(50(44)72-56)32-19-36(57)24-39(22-32)63-14-16-76(2)3;1-2/h6-13,18-25,27-30,60,63-64H,5,14-17,26,59H2,1-4H3,(H,69,71)(H,70,72)(H,73,74);1-2H3. The molecule has 0 aliphatic heterocycles. The number of hydrogen-bond donors (Lipinski definition) is 7. The van der Waals surface area contributed by atoms with Crippen molar-refractivity contribution in [2.24, 2.45) is 0 Å². The Hall–Kier alpha value is -9.80. The van der Waals surface area contributed by atoms with E-state index in [2.05, 4.69) is 69.0 Å². The van der Waals surface area contributed by atoms with E-state index in [9.17, 15) is 0 Å². The molecule has 0 spiro atoms. The average Bonchev–Trinajstić information content (AvgIpc) is 4.30. The van der Waals surface area contributed by atoms with Crippen LogP contribution in [0.4, 0.5) is 25.8 Å². The lowest BCUT2D eigenvalue weighted by atomic mass is 10.1. The largest absolute Gasteiger partial charge is 0.397 e. The van der Waals surface area contributed by atoms with E-state index < -0.39 is 11.6 Å². The van der Waals surface area contributed by atoms with E-state index in [1.807, 2.05) is 101 Å². The Balaban J connectivity index is 0.00000334. The molecule has 0 radical (unpaired) electrons. The molecule has 22 heteroatoms. The van der Waals surface area contributed by atoms with Crippen molar-refractivity contribution >= 4 is 61.2 Å². The van der Waals surface area contributed by atoms with Gasteiger partial charge in [-0.2, -0.15) is 9.89 Å². The van der Waals surface area contributed by atoms with Crippen LogP contribution in [0, 0.1) is 11.6 Å². The van der Waals surface area contributed by atoms with E-state index in [-0.39, 0.29) is 0 Å². The molecule has 8 N–H and O–H groups in total. The molecule has 0 fully saturated rings. The minimum Gasteiger partial charge on any atom is -0.397 e. The highest BCUT2D eigenvalue weighted by Gasteiger charge is 2.23. The van der Waals surface area contributed by atoms with Crippen molar-refractivity contribution in [3.8, 4) is 68.1 Å². The summed E-state index contributed by atoms with van der Waals surface area (Å²) in [5.41, 5.74) is 20.1. The van der Waals surface area contributed by atoms with Crippen molar-refractivity contribution in [3.63, 3.8) is 0 Å². The van der Waals surface area contributed by atoms with Crippen molar-refractivity contribution in [1.29, 1.82) is 0 Å². The quantitative estimate of drug-likeness (QED) is 0.0422. The number of benzene rings is 2. The molecule has 0 saturated heterocycles. The van der Waals surface area contributed by atoms with Crippen molar-refractivity contribution in [1.82, 2.24) is 80.1 Å². The summed E-state index contributed by atoms with van der Waals surface area (Å²) >= 11 is 0. The number of imidazole rings is 2. The van der Waals surface area contributed by atoms with Crippen LogP contribution in [0.5, 0.6) is 0 Å². The van der Waals surface area contributed by atoms with Crippen molar-refractivity contribution < 1.29 is 8.78 Å². The van der Waals surface area contributed by atoms with Gasteiger partial charge in [0.2, 0.25) is 0 Å². The number of aromatic amines is 3. The summed E-state index contributed by atoms with van der Waals surface area (Å²) in [5.74, 6) is 0.0721. The smallest absolute Gasteiger partial charge is 0.161 e. The molecule has 10 heterocycles. The number of rotatable bonds is 18. The Morgan fingerprint density at radius 2 is 1.18 bits per heavy atom. The number of nitrogens with two attached hydrogens (primary N) is 1. The third kappa shape index (κ3) is 10.8. The van der Waals surface area contributed by atoms with Gasteiger partial charge >= 0.3 is 0 Å². The minimum absolute atomic E-state index is 0.386. The highest BCUT2D eigenvalue weighted by atomic mass is 19.1. The molecule has 0 unspecified atom stereocenters. The first kappa shape index (κ1) is 52.3. The number of likely N-dealkylation sites (N-methyl/N-ethyl adjacent to an activating group) is 2. The second-order valence-corrected chi connectivity index (χ2v) is 19.1. The van der Waals surface area contributed by atoms with Crippen molar-refractivity contribution in [2.45, 2.75) is 27.3 Å². The first-order valence-electron chi connectivity index (χ1n) is 26.3. The van der Waals surface area contributed by atoms with Gasteiger partial charge in [-0.3, -0.25) is 30.0 Å². The van der Waals surface area contributed by atoms with E-state index >= 15 is 8.78 Å². The Bertz CT molecular complexity index is 4180. The molecule has 0 amide bonds. The van der Waals surface area contributed by atoms with E-state index in [1.165, 1.54) is 24.3 Å². The van der Waals surface area contributed by atoms with Crippen LogP contribution < -0.4 is 26.7 Å². The van der Waals surface area contributed by atoms with E-state index in [4.69, 9.17) is 35.8 Å². The van der Waals surface area contributed by atoms with Gasteiger partial charge in [-0.05, 0) is 111 Å². The second kappa shape index (κ2) is 22.7. The summed E-state index contributed by atoms with van der Waals surface area (Å²) in [4.78, 5) is 48.9. The molecular weight excluding hydrogens is 1010 g/mol. The number of halogens is 2. The maximum Gasteiger partial charge on any atom is 0.161 e. The highest BCUT2D eigenvalue weighted by molar-refractivity contribution is 5.97. The summed E-state index contributed by atoms with van der Waals surface area (Å²) in [6.07, 6.45) is 10.3. The Labute approximate surface area is 458 Å². The predicted octanol–water partition coefficient (Wildman–Crippen LogP) is 9.69. The normalized spacial score (nSPS) is 11.5. The van der Waals surface area contributed by atoms with Crippen LogP contribution in [0.1, 0.15) is 26.3 Å². The lowest BCUT2D eigenvalue weighted by molar-refractivity contribution is 0.425. The first-order valence-corrected chi connectivity index (χ1v) is 26.3. The summed E-state index contributed by atoms with van der Waals surface area (Å²) in [5, 5.41) is 24.8. The first-order chi connectivity index (χ1) is 39.0. The molecule has 0 aliphatic rings. The molecule has 20 nitrogen and oxygen atoms in total. The third-order valence-corrected chi connectivity index (χ3v) is 13.2. The molecular formula is C58H58F2N20. The molecule has 0 saturated carbocycles. The lowest BCUT2D eigenvalue weighted by Gasteiger charge is -2.20. The van der Waals surface area contributed by atoms with Gasteiger partial charge in [0, 0.05) is 104 Å². The van der Waals surface area contributed by atoms with Crippen LogP contribution in [-0.4, -0.2) is 129 Å². The fourth-order valence-corrected chi connectivity index (χ4v) is 9.44. The van der Waals surface area contributed by atoms with E-state index in [0.717, 1.165) is 41.0 Å². The zero-order valence-corrected chi connectivity index (χ0v) is 44.9. The molecule has 404 valence electrons. The number of anilines is 3. The van der Waals surface area contributed by atoms with E-state index in [1.54, 1.807) is 35.8 Å². The molecule has 0 atom stereocenters. The lowest BCUT2D eigenvalue weighted by Crippen LogP contribution is -2.35. The zero-order valence-electron chi connectivity index (χ0n) is 44.9. The Morgan fingerprint density at radius 1 is 0.588 bits per heavy atom.